The Labute approximate surface area is 220 Å². The summed E-state index contributed by atoms with van der Waals surface area (Å²) in [4.78, 5) is 26.7. The van der Waals surface area contributed by atoms with E-state index in [1.54, 1.807) is 41.8 Å². The maximum Gasteiger partial charge on any atom is 0.344 e. The van der Waals surface area contributed by atoms with E-state index in [2.05, 4.69) is 13.8 Å². The molecule has 0 fully saturated rings. The fraction of sp³-hybridized carbons (Fsp3) is 0.259. The summed E-state index contributed by atoms with van der Waals surface area (Å²) in [6.07, 6.45) is 1.52. The van der Waals surface area contributed by atoms with Crippen molar-refractivity contribution in [3.05, 3.63) is 83.4 Å². The highest BCUT2D eigenvalue weighted by Gasteiger charge is 2.38. The molecule has 0 unspecified atom stereocenters. The van der Waals surface area contributed by atoms with Gasteiger partial charge in [0, 0.05) is 37.0 Å². The molecule has 0 atom stereocenters. The quantitative estimate of drug-likeness (QED) is 0.294. The molecule has 10 heteroatoms. The topological polar surface area (TPSA) is 93.2 Å². The zero-order valence-corrected chi connectivity index (χ0v) is 22.6. The van der Waals surface area contributed by atoms with Crippen LogP contribution >= 0.6 is 11.3 Å². The van der Waals surface area contributed by atoms with Crippen molar-refractivity contribution in [2.24, 2.45) is 0 Å². The molecule has 0 N–H and O–H groups in total. The monoisotopic (exact) mass is 540 g/mol. The SMILES string of the molecule is CN1C(=CC(=O)COC(=O)COc2ccc(N(C)S(=O)(=O)c3cccs3)cc2)C(C)(C)c2ccccc21. The van der Waals surface area contributed by atoms with Crippen LogP contribution in [0.15, 0.2) is 82.0 Å². The first-order valence-electron chi connectivity index (χ1n) is 11.5. The molecule has 0 amide bonds. The Bertz CT molecular complexity index is 1430. The van der Waals surface area contributed by atoms with Crippen LogP contribution in [0.3, 0.4) is 0 Å². The average Bonchev–Trinajstić information content (AvgIpc) is 3.50. The van der Waals surface area contributed by atoms with Gasteiger partial charge in [0.2, 0.25) is 0 Å². The minimum Gasteiger partial charge on any atom is -0.482 e. The van der Waals surface area contributed by atoms with E-state index in [-0.39, 0.29) is 22.0 Å². The lowest BCUT2D eigenvalue weighted by Crippen LogP contribution is -2.25. The highest BCUT2D eigenvalue weighted by molar-refractivity contribution is 7.94. The van der Waals surface area contributed by atoms with Crippen LogP contribution in [0.2, 0.25) is 0 Å². The zero-order chi connectivity index (χ0) is 26.8. The van der Waals surface area contributed by atoms with E-state index < -0.39 is 22.6 Å². The van der Waals surface area contributed by atoms with Gasteiger partial charge in [0.15, 0.2) is 19.0 Å². The van der Waals surface area contributed by atoms with Gasteiger partial charge < -0.3 is 14.4 Å². The summed E-state index contributed by atoms with van der Waals surface area (Å²) in [6.45, 7) is 3.32. The fourth-order valence-electron chi connectivity index (χ4n) is 4.22. The molecule has 37 heavy (non-hydrogen) atoms. The van der Waals surface area contributed by atoms with Gasteiger partial charge in [-0.1, -0.05) is 38.1 Å². The molecule has 1 aliphatic heterocycles. The second-order valence-corrected chi connectivity index (χ2v) is 12.2. The summed E-state index contributed by atoms with van der Waals surface area (Å²) in [5.74, 6) is -0.644. The Morgan fingerprint density at radius 2 is 1.73 bits per heavy atom. The molecule has 194 valence electrons. The number of ketones is 1. The first-order chi connectivity index (χ1) is 17.5. The van der Waals surface area contributed by atoms with Gasteiger partial charge in [0.25, 0.3) is 10.0 Å². The van der Waals surface area contributed by atoms with Gasteiger partial charge in [-0.2, -0.15) is 0 Å². The number of benzene rings is 2. The number of ether oxygens (including phenoxy) is 2. The van der Waals surface area contributed by atoms with Crippen molar-refractivity contribution in [2.75, 3.05) is 36.5 Å². The van der Waals surface area contributed by atoms with Crippen molar-refractivity contribution in [1.29, 1.82) is 0 Å². The highest BCUT2D eigenvalue weighted by atomic mass is 32.2. The summed E-state index contributed by atoms with van der Waals surface area (Å²) in [5.41, 5.74) is 3.10. The van der Waals surface area contributed by atoms with Gasteiger partial charge in [0.05, 0.1) is 5.69 Å². The number of esters is 1. The molecule has 0 radical (unpaired) electrons. The van der Waals surface area contributed by atoms with Crippen LogP contribution in [-0.4, -0.2) is 47.5 Å². The minimum atomic E-state index is -3.64. The summed E-state index contributed by atoms with van der Waals surface area (Å²) in [7, 11) is -0.261. The van der Waals surface area contributed by atoms with Gasteiger partial charge in [-0.05, 0) is 47.3 Å². The number of hydrogen-bond donors (Lipinski definition) is 0. The molecule has 0 saturated carbocycles. The third kappa shape index (κ3) is 5.40. The number of anilines is 2. The Morgan fingerprint density at radius 3 is 2.38 bits per heavy atom. The number of fused-ring (bicyclic) bond motifs is 1. The molecule has 4 rings (SSSR count). The molecule has 0 spiro atoms. The number of likely N-dealkylation sites (N-methyl/N-ethyl adjacent to an activating group) is 1. The Morgan fingerprint density at radius 1 is 1.03 bits per heavy atom. The van der Waals surface area contributed by atoms with Crippen molar-refractivity contribution < 1.29 is 27.5 Å². The number of sulfonamides is 1. The largest absolute Gasteiger partial charge is 0.482 e. The summed E-state index contributed by atoms with van der Waals surface area (Å²) in [5, 5.41) is 1.70. The summed E-state index contributed by atoms with van der Waals surface area (Å²) < 4.78 is 37.3. The molecule has 0 saturated heterocycles. The zero-order valence-electron chi connectivity index (χ0n) is 21.0. The van der Waals surface area contributed by atoms with Crippen molar-refractivity contribution in [1.82, 2.24) is 0 Å². The Hall–Kier alpha value is -3.63. The van der Waals surface area contributed by atoms with Crippen LogP contribution in [0, 0.1) is 0 Å². The second kappa shape index (κ2) is 10.4. The number of nitrogens with zero attached hydrogens (tertiary/aromatic N) is 2. The highest BCUT2D eigenvalue weighted by Crippen LogP contribution is 2.46. The molecular weight excluding hydrogens is 512 g/mol. The number of thiophene rings is 1. The van der Waals surface area contributed by atoms with Gasteiger partial charge in [-0.15, -0.1) is 11.3 Å². The number of para-hydroxylation sites is 1. The number of hydrogen-bond acceptors (Lipinski definition) is 8. The molecule has 1 aromatic heterocycles. The number of carbonyl (C=O) groups excluding carboxylic acids is 2. The lowest BCUT2D eigenvalue weighted by Gasteiger charge is -2.23. The predicted molar refractivity (Wildman–Crippen MR) is 144 cm³/mol. The summed E-state index contributed by atoms with van der Waals surface area (Å²) in [6, 6.07) is 17.5. The first-order valence-corrected chi connectivity index (χ1v) is 13.8. The first kappa shape index (κ1) is 26.4. The molecular formula is C27H28N2O6S2. The lowest BCUT2D eigenvalue weighted by atomic mass is 9.83. The Balaban J connectivity index is 1.29. The van der Waals surface area contributed by atoms with Gasteiger partial charge >= 0.3 is 5.97 Å². The second-order valence-electron chi connectivity index (χ2n) is 9.04. The van der Waals surface area contributed by atoms with E-state index >= 15 is 0 Å². The van der Waals surface area contributed by atoms with Crippen molar-refractivity contribution >= 4 is 44.5 Å². The summed E-state index contributed by atoms with van der Waals surface area (Å²) >= 11 is 1.14. The van der Waals surface area contributed by atoms with Crippen molar-refractivity contribution in [2.45, 2.75) is 23.5 Å². The van der Waals surface area contributed by atoms with Crippen LogP contribution in [0.5, 0.6) is 5.75 Å². The van der Waals surface area contributed by atoms with E-state index in [4.69, 9.17) is 9.47 Å². The van der Waals surface area contributed by atoms with Gasteiger partial charge in [0.1, 0.15) is 9.96 Å². The number of rotatable bonds is 9. The van der Waals surface area contributed by atoms with E-state index in [1.807, 2.05) is 36.2 Å². The molecule has 0 aliphatic carbocycles. The minimum absolute atomic E-state index is 0.246. The smallest absolute Gasteiger partial charge is 0.344 e. The molecule has 0 bridgehead atoms. The van der Waals surface area contributed by atoms with Crippen molar-refractivity contribution in [3.63, 3.8) is 0 Å². The predicted octanol–water partition coefficient (Wildman–Crippen LogP) is 4.38. The van der Waals surface area contributed by atoms with Gasteiger partial charge in [-0.25, -0.2) is 13.2 Å². The van der Waals surface area contributed by atoms with Crippen LogP contribution in [0.25, 0.3) is 0 Å². The number of allylic oxidation sites excluding steroid dienone is 1. The van der Waals surface area contributed by atoms with Gasteiger partial charge in [-0.3, -0.25) is 9.10 Å². The van der Waals surface area contributed by atoms with E-state index in [0.717, 1.165) is 28.3 Å². The maximum absolute atomic E-state index is 12.7. The molecule has 2 aromatic carbocycles. The Kier molecular flexibility index (Phi) is 7.42. The lowest BCUT2D eigenvalue weighted by molar-refractivity contribution is -0.148. The van der Waals surface area contributed by atoms with E-state index in [1.165, 1.54) is 17.4 Å². The number of carbonyl (C=O) groups is 2. The molecule has 2 heterocycles. The molecule has 8 nitrogen and oxygen atoms in total. The van der Waals surface area contributed by atoms with Crippen LogP contribution in [0.4, 0.5) is 11.4 Å². The van der Waals surface area contributed by atoms with Crippen LogP contribution in [0.1, 0.15) is 19.4 Å². The average molecular weight is 541 g/mol. The van der Waals surface area contributed by atoms with E-state index in [9.17, 15) is 18.0 Å². The van der Waals surface area contributed by atoms with Crippen LogP contribution in [-0.2, 0) is 29.8 Å². The normalized spacial score (nSPS) is 15.4. The molecule has 3 aromatic rings. The molecule has 1 aliphatic rings. The maximum atomic E-state index is 12.7. The standard InChI is InChI=1S/C27H28N2O6S2/c1-27(2)22-8-5-6-9-23(22)28(3)24(27)16-20(30)17-35-25(31)18-34-21-13-11-19(12-14-21)29(4)37(32,33)26-10-7-15-36-26/h5-16H,17-18H2,1-4H3. The third-order valence-corrected chi connectivity index (χ3v) is 9.44. The third-order valence-electron chi connectivity index (χ3n) is 6.28. The van der Waals surface area contributed by atoms with Crippen molar-refractivity contribution in [3.8, 4) is 5.75 Å². The van der Waals surface area contributed by atoms with E-state index in [0.29, 0.717) is 11.4 Å². The fourth-order valence-corrected chi connectivity index (χ4v) is 6.58. The van der Waals surface area contributed by atoms with Crippen LogP contribution < -0.4 is 13.9 Å².